The minimum atomic E-state index is -4.78. The molecule has 0 radical (unpaired) electrons. The van der Waals surface area contributed by atoms with Gasteiger partial charge in [-0.2, -0.15) is 13.2 Å². The van der Waals surface area contributed by atoms with Crippen molar-refractivity contribution in [1.29, 1.82) is 0 Å². The van der Waals surface area contributed by atoms with Crippen molar-refractivity contribution < 1.29 is 32.4 Å². The Bertz CT molecular complexity index is 1130. The van der Waals surface area contributed by atoms with Crippen molar-refractivity contribution in [2.24, 2.45) is 16.2 Å². The largest absolute Gasteiger partial charge is 0.479 e. The molecule has 3 atom stereocenters. The van der Waals surface area contributed by atoms with Crippen LogP contribution in [-0.4, -0.2) is 36.5 Å². The highest BCUT2D eigenvalue weighted by Gasteiger charge is 2.62. The number of oxime groups is 2. The van der Waals surface area contributed by atoms with Crippen molar-refractivity contribution in [1.82, 2.24) is 5.32 Å². The summed E-state index contributed by atoms with van der Waals surface area (Å²) in [4.78, 5) is 22.9. The molecule has 35 heavy (non-hydrogen) atoms. The molecule has 4 rings (SSSR count). The monoisotopic (exact) mass is 531 g/mol. The van der Waals surface area contributed by atoms with E-state index in [1.807, 2.05) is 6.92 Å². The van der Waals surface area contributed by atoms with Crippen molar-refractivity contribution >= 4 is 40.7 Å². The summed E-state index contributed by atoms with van der Waals surface area (Å²) in [5.74, 6) is -0.236. The molecular formula is C23H22Cl2F3N3O4. The number of carbonyl (C=O) groups is 1. The average Bonchev–Trinajstić information content (AvgIpc) is 3.41. The highest BCUT2D eigenvalue weighted by molar-refractivity contribution is 6.34. The summed E-state index contributed by atoms with van der Waals surface area (Å²) in [6.07, 6.45) is -2.20. The number of halogens is 5. The maximum Gasteiger partial charge on any atom is 0.435 e. The Morgan fingerprint density at radius 1 is 1.20 bits per heavy atom. The Morgan fingerprint density at radius 3 is 2.54 bits per heavy atom. The van der Waals surface area contributed by atoms with Crippen molar-refractivity contribution in [2.75, 3.05) is 6.61 Å². The number of alkyl halides is 3. The molecular weight excluding hydrogens is 510 g/mol. The number of hydrogen-bond acceptors (Lipinski definition) is 6. The van der Waals surface area contributed by atoms with Gasteiger partial charge in [-0.15, -0.1) is 0 Å². The molecule has 3 aliphatic rings. The van der Waals surface area contributed by atoms with E-state index in [2.05, 4.69) is 15.6 Å². The zero-order chi connectivity index (χ0) is 25.4. The van der Waals surface area contributed by atoms with E-state index < -0.39 is 24.4 Å². The maximum absolute atomic E-state index is 14.2. The molecule has 2 aliphatic heterocycles. The van der Waals surface area contributed by atoms with E-state index in [1.165, 1.54) is 18.2 Å². The smallest absolute Gasteiger partial charge is 0.435 e. The van der Waals surface area contributed by atoms with Gasteiger partial charge in [-0.3, -0.25) is 4.79 Å². The van der Waals surface area contributed by atoms with E-state index in [-0.39, 0.29) is 33.1 Å². The predicted octanol–water partition coefficient (Wildman–Crippen LogP) is 5.63. The zero-order valence-corrected chi connectivity index (χ0v) is 20.3. The van der Waals surface area contributed by atoms with Crippen molar-refractivity contribution in [3.8, 4) is 0 Å². The lowest BCUT2D eigenvalue weighted by atomic mass is 9.81. The van der Waals surface area contributed by atoms with Crippen LogP contribution >= 0.6 is 23.2 Å². The topological polar surface area (TPSA) is 81.5 Å². The SMILES string of the molecule is CCOC1=NO[C@H](NC(=O)C2=CC=C(C3=NO[C@@](c4cc(Cl)cc(Cl)c4)(C(F)(F)F)C3)CC2C)C1. The van der Waals surface area contributed by atoms with Gasteiger partial charge < -0.3 is 19.7 Å². The number of rotatable bonds is 5. The van der Waals surface area contributed by atoms with Gasteiger partial charge in [-0.25, -0.2) is 0 Å². The maximum atomic E-state index is 14.2. The first-order valence-electron chi connectivity index (χ1n) is 10.9. The molecule has 188 valence electrons. The van der Waals surface area contributed by atoms with Crippen LogP contribution in [0, 0.1) is 5.92 Å². The predicted molar refractivity (Wildman–Crippen MR) is 124 cm³/mol. The summed E-state index contributed by atoms with van der Waals surface area (Å²) in [5, 5.41) is 10.4. The third-order valence-corrected chi connectivity index (χ3v) is 6.35. The minimum absolute atomic E-state index is 0.0577. The fraction of sp³-hybridized carbons (Fsp3) is 0.435. The molecule has 1 amide bonds. The fourth-order valence-corrected chi connectivity index (χ4v) is 4.68. The van der Waals surface area contributed by atoms with Gasteiger partial charge in [0, 0.05) is 27.6 Å². The molecule has 1 N–H and O–H groups in total. The first-order valence-corrected chi connectivity index (χ1v) is 11.6. The second-order valence-electron chi connectivity index (χ2n) is 8.40. The van der Waals surface area contributed by atoms with E-state index in [9.17, 15) is 18.0 Å². The number of nitrogens with one attached hydrogen (secondary N) is 1. The summed E-state index contributed by atoms with van der Waals surface area (Å²) in [6.45, 7) is 4.06. The summed E-state index contributed by atoms with van der Waals surface area (Å²) in [5.41, 5.74) is -1.78. The van der Waals surface area contributed by atoms with Gasteiger partial charge in [0.2, 0.25) is 18.0 Å². The quantitative estimate of drug-likeness (QED) is 0.533. The van der Waals surface area contributed by atoms with Crippen LogP contribution in [0.15, 0.2) is 51.8 Å². The van der Waals surface area contributed by atoms with Gasteiger partial charge in [0.15, 0.2) is 0 Å². The lowest BCUT2D eigenvalue weighted by Gasteiger charge is -2.30. The molecule has 2 heterocycles. The number of hydrogen-bond donors (Lipinski definition) is 1. The lowest BCUT2D eigenvalue weighted by Crippen LogP contribution is -2.42. The number of carbonyl (C=O) groups excluding carboxylic acids is 1. The van der Waals surface area contributed by atoms with Crippen LogP contribution in [-0.2, 0) is 24.8 Å². The van der Waals surface area contributed by atoms with Crippen molar-refractivity contribution in [2.45, 2.75) is 51.1 Å². The van der Waals surface area contributed by atoms with E-state index in [4.69, 9.17) is 37.6 Å². The molecule has 0 aromatic heterocycles. The summed E-state index contributed by atoms with van der Waals surface area (Å²) < 4.78 is 47.9. The van der Waals surface area contributed by atoms with Crippen LogP contribution in [0.2, 0.25) is 10.0 Å². The zero-order valence-electron chi connectivity index (χ0n) is 18.8. The average molecular weight is 532 g/mol. The molecule has 1 aliphatic carbocycles. The van der Waals surface area contributed by atoms with Crippen molar-refractivity contribution in [3.63, 3.8) is 0 Å². The number of benzene rings is 1. The van der Waals surface area contributed by atoms with Gasteiger partial charge in [-0.05, 0) is 48.2 Å². The first kappa shape index (κ1) is 25.4. The van der Waals surface area contributed by atoms with Gasteiger partial charge in [0.25, 0.3) is 5.60 Å². The Hall–Kier alpha value is -2.72. The Morgan fingerprint density at radius 2 is 1.91 bits per heavy atom. The van der Waals surface area contributed by atoms with Crippen LogP contribution in [0.25, 0.3) is 0 Å². The molecule has 1 aromatic rings. The fourth-order valence-electron chi connectivity index (χ4n) is 4.15. The van der Waals surface area contributed by atoms with Gasteiger partial charge in [0.05, 0.1) is 18.7 Å². The molecule has 0 bridgehead atoms. The standard InChI is InChI=1S/C23H22Cl2F3N3O4/c1-3-33-20-10-19(34-31-20)29-21(32)17-5-4-13(6-12(17)2)18-11-22(35-30-18,23(26,27)28)14-7-15(24)9-16(25)8-14/h4-5,7-9,12,19H,3,6,10-11H2,1-2H3,(H,29,32)/t12?,19-,22-/m0/s1. The van der Waals surface area contributed by atoms with E-state index >= 15 is 0 Å². The van der Waals surface area contributed by atoms with Crippen molar-refractivity contribution in [3.05, 3.63) is 57.1 Å². The molecule has 1 aromatic carbocycles. The molecule has 0 spiro atoms. The first-order chi connectivity index (χ1) is 16.5. The van der Waals surface area contributed by atoms with E-state index in [1.54, 1.807) is 19.1 Å². The molecule has 7 nitrogen and oxygen atoms in total. The van der Waals surface area contributed by atoms with E-state index in [0.717, 1.165) is 0 Å². The number of amides is 1. The van der Waals surface area contributed by atoms with Crippen LogP contribution < -0.4 is 5.32 Å². The Balaban J connectivity index is 1.50. The second kappa shape index (κ2) is 9.73. The third kappa shape index (κ3) is 5.13. The normalized spacial score (nSPS) is 26.1. The molecule has 0 saturated heterocycles. The highest BCUT2D eigenvalue weighted by Crippen LogP contribution is 2.50. The van der Waals surface area contributed by atoms with Crippen LogP contribution in [0.5, 0.6) is 0 Å². The lowest BCUT2D eigenvalue weighted by molar-refractivity contribution is -0.275. The molecule has 0 fully saturated rings. The van der Waals surface area contributed by atoms with Crippen LogP contribution in [0.4, 0.5) is 13.2 Å². The van der Waals surface area contributed by atoms with Gasteiger partial charge in [0.1, 0.15) is 0 Å². The van der Waals surface area contributed by atoms with Crippen LogP contribution in [0.3, 0.4) is 0 Å². The number of nitrogens with zero attached hydrogens (tertiary/aromatic N) is 2. The molecule has 0 saturated carbocycles. The number of ether oxygens (including phenoxy) is 1. The number of allylic oxidation sites excluding steroid dienone is 3. The third-order valence-electron chi connectivity index (χ3n) is 5.91. The summed E-state index contributed by atoms with van der Waals surface area (Å²) in [7, 11) is 0. The second-order valence-corrected chi connectivity index (χ2v) is 9.27. The molecule has 12 heteroatoms. The van der Waals surface area contributed by atoms with Crippen LogP contribution in [0.1, 0.15) is 38.7 Å². The van der Waals surface area contributed by atoms with E-state index in [0.29, 0.717) is 36.5 Å². The summed E-state index contributed by atoms with van der Waals surface area (Å²) in [6, 6.07) is 3.69. The summed E-state index contributed by atoms with van der Waals surface area (Å²) >= 11 is 11.9. The van der Waals surface area contributed by atoms with Gasteiger partial charge in [-0.1, -0.05) is 47.4 Å². The Labute approximate surface area is 209 Å². The highest BCUT2D eigenvalue weighted by atomic mass is 35.5. The minimum Gasteiger partial charge on any atom is -0.479 e. The van der Waals surface area contributed by atoms with Gasteiger partial charge >= 0.3 is 6.18 Å². The Kier molecular flexibility index (Phi) is 7.06. The molecule has 1 unspecified atom stereocenters.